The van der Waals surface area contributed by atoms with Crippen LogP contribution < -0.4 is 0 Å². The van der Waals surface area contributed by atoms with Gasteiger partial charge in [0.15, 0.2) is 0 Å². The lowest BCUT2D eigenvalue weighted by Gasteiger charge is -2.21. The molecule has 0 radical (unpaired) electrons. The lowest BCUT2D eigenvalue weighted by molar-refractivity contribution is -0.129. The van der Waals surface area contributed by atoms with Gasteiger partial charge in [-0.05, 0) is 31.5 Å². The normalized spacial score (nSPS) is 14.2. The molecule has 5 heteroatoms. The number of allylic oxidation sites excluding steroid dienone is 1. The molecule has 3 nitrogen and oxygen atoms in total. The minimum absolute atomic E-state index is 0.197. The Morgan fingerprint density at radius 1 is 1.50 bits per heavy atom. The Balaban J connectivity index is 2.64. The molecular weight excluding hydrogens is 277 g/mol. The Labute approximate surface area is 121 Å². The molecule has 0 unspecified atom stereocenters. The van der Waals surface area contributed by atoms with Crippen LogP contribution in [0.2, 0.25) is 0 Å². The first-order valence-corrected chi connectivity index (χ1v) is 7.81. The highest BCUT2D eigenvalue weighted by Crippen LogP contribution is 2.09. The maximum Gasteiger partial charge on any atom is 0.238 e. The van der Waals surface area contributed by atoms with E-state index in [1.807, 2.05) is 13.0 Å². The predicted molar refractivity (Wildman–Crippen MR) is 80.2 cm³/mol. The summed E-state index contributed by atoms with van der Waals surface area (Å²) < 4.78 is 25.0. The summed E-state index contributed by atoms with van der Waals surface area (Å²) >= 11 is 0. The lowest BCUT2D eigenvalue weighted by Crippen LogP contribution is -2.37. The summed E-state index contributed by atoms with van der Waals surface area (Å²) in [5.74, 6) is -0.151. The molecule has 0 saturated carbocycles. The van der Waals surface area contributed by atoms with Gasteiger partial charge in [-0.1, -0.05) is 24.3 Å². The van der Waals surface area contributed by atoms with Gasteiger partial charge in [0.05, 0.1) is 0 Å². The Morgan fingerprint density at radius 2 is 2.20 bits per heavy atom. The van der Waals surface area contributed by atoms with E-state index in [9.17, 15) is 13.4 Å². The van der Waals surface area contributed by atoms with Crippen molar-refractivity contribution in [1.82, 2.24) is 4.90 Å². The Hall–Kier alpha value is -1.49. The van der Waals surface area contributed by atoms with Crippen molar-refractivity contribution in [2.45, 2.75) is 25.6 Å². The Bertz CT molecular complexity index is 516. The van der Waals surface area contributed by atoms with Crippen molar-refractivity contribution in [3.8, 4) is 0 Å². The van der Waals surface area contributed by atoms with Crippen LogP contribution in [0.1, 0.15) is 19.4 Å². The van der Waals surface area contributed by atoms with Gasteiger partial charge in [-0.3, -0.25) is 9.00 Å². The average molecular weight is 297 g/mol. The molecule has 0 spiro atoms. The van der Waals surface area contributed by atoms with Crippen LogP contribution in [0, 0.1) is 5.82 Å². The van der Waals surface area contributed by atoms with Crippen molar-refractivity contribution in [3.63, 3.8) is 0 Å². The van der Waals surface area contributed by atoms with Crippen LogP contribution in [0.15, 0.2) is 36.4 Å². The largest absolute Gasteiger partial charge is 0.340 e. The van der Waals surface area contributed by atoms with Crippen LogP contribution in [0.5, 0.6) is 0 Å². The molecule has 0 N–H and O–H groups in total. The molecule has 1 rings (SSSR count). The SMILES string of the molecule is C/C=C/C[S@](=O)[C@@H](C)C(=O)N(C)Cc1cccc(F)c1. The van der Waals surface area contributed by atoms with Gasteiger partial charge >= 0.3 is 0 Å². The second kappa shape index (κ2) is 7.94. The third kappa shape index (κ3) is 4.89. The molecule has 0 aliphatic heterocycles. The van der Waals surface area contributed by atoms with Crippen molar-refractivity contribution < 1.29 is 13.4 Å². The van der Waals surface area contributed by atoms with Crippen molar-refractivity contribution in [1.29, 1.82) is 0 Å². The predicted octanol–water partition coefficient (Wildman–Crippen LogP) is 2.50. The number of halogens is 1. The summed E-state index contributed by atoms with van der Waals surface area (Å²) in [4.78, 5) is 13.6. The zero-order chi connectivity index (χ0) is 15.1. The van der Waals surface area contributed by atoms with E-state index in [0.717, 1.165) is 0 Å². The minimum Gasteiger partial charge on any atom is -0.340 e. The van der Waals surface area contributed by atoms with Crippen LogP contribution in [0.4, 0.5) is 4.39 Å². The molecule has 1 aromatic carbocycles. The Morgan fingerprint density at radius 3 is 2.80 bits per heavy atom. The third-order valence-electron chi connectivity index (χ3n) is 2.92. The summed E-state index contributed by atoms with van der Waals surface area (Å²) in [6.45, 7) is 3.81. The van der Waals surface area contributed by atoms with Crippen LogP contribution in [0.25, 0.3) is 0 Å². The standard InChI is InChI=1S/C15H20FNO2S/c1-4-5-9-20(19)12(2)15(18)17(3)11-13-7-6-8-14(16)10-13/h4-8,10,12H,9,11H2,1-3H3/b5-4+/t12-,20-/m0/s1. The van der Waals surface area contributed by atoms with Gasteiger partial charge in [-0.15, -0.1) is 0 Å². The van der Waals surface area contributed by atoms with Gasteiger partial charge in [0.1, 0.15) is 11.1 Å². The van der Waals surface area contributed by atoms with E-state index < -0.39 is 16.0 Å². The van der Waals surface area contributed by atoms with Crippen molar-refractivity contribution in [3.05, 3.63) is 47.8 Å². The number of nitrogens with zero attached hydrogens (tertiary/aromatic N) is 1. The topological polar surface area (TPSA) is 37.4 Å². The van der Waals surface area contributed by atoms with E-state index in [2.05, 4.69) is 0 Å². The fourth-order valence-electron chi connectivity index (χ4n) is 1.75. The number of carbonyl (C=O) groups is 1. The van der Waals surface area contributed by atoms with Gasteiger partial charge in [0.25, 0.3) is 0 Å². The molecule has 0 aromatic heterocycles. The van der Waals surface area contributed by atoms with E-state index in [4.69, 9.17) is 0 Å². The van der Waals surface area contributed by atoms with Crippen molar-refractivity contribution >= 4 is 16.7 Å². The summed E-state index contributed by atoms with van der Waals surface area (Å²) in [5.41, 5.74) is 0.715. The number of hydrogen-bond donors (Lipinski definition) is 0. The molecule has 0 fully saturated rings. The summed E-state index contributed by atoms with van der Waals surface area (Å²) in [6, 6.07) is 6.12. The van der Waals surface area contributed by atoms with Gasteiger partial charge in [-0.2, -0.15) is 0 Å². The molecule has 110 valence electrons. The molecule has 0 bridgehead atoms. The molecule has 2 atom stereocenters. The van der Waals surface area contributed by atoms with Crippen LogP contribution in [-0.4, -0.2) is 33.1 Å². The molecule has 0 aliphatic carbocycles. The van der Waals surface area contributed by atoms with Gasteiger partial charge in [0, 0.05) is 30.1 Å². The average Bonchev–Trinajstić information content (AvgIpc) is 2.43. The van der Waals surface area contributed by atoms with E-state index in [0.29, 0.717) is 17.9 Å². The van der Waals surface area contributed by atoms with Gasteiger partial charge in [0.2, 0.25) is 5.91 Å². The fraction of sp³-hybridized carbons (Fsp3) is 0.400. The van der Waals surface area contributed by atoms with Gasteiger partial charge < -0.3 is 4.90 Å². The zero-order valence-electron chi connectivity index (χ0n) is 12.0. The first-order valence-electron chi connectivity index (χ1n) is 6.43. The molecule has 1 aromatic rings. The highest BCUT2D eigenvalue weighted by Gasteiger charge is 2.22. The smallest absolute Gasteiger partial charge is 0.238 e. The van der Waals surface area contributed by atoms with Crippen molar-refractivity contribution in [2.24, 2.45) is 0 Å². The summed E-state index contributed by atoms with van der Waals surface area (Å²) in [7, 11) is 0.406. The number of hydrogen-bond acceptors (Lipinski definition) is 2. The van der Waals surface area contributed by atoms with Crippen LogP contribution in [0.3, 0.4) is 0 Å². The molecule has 0 aliphatic rings. The first-order chi connectivity index (χ1) is 9.45. The minimum atomic E-state index is -1.23. The summed E-state index contributed by atoms with van der Waals surface area (Å²) in [5, 5.41) is -0.565. The third-order valence-corrected chi connectivity index (χ3v) is 4.43. The highest BCUT2D eigenvalue weighted by molar-refractivity contribution is 7.86. The number of amides is 1. The molecule has 0 heterocycles. The quantitative estimate of drug-likeness (QED) is 0.757. The molecular formula is C15H20FNO2S. The zero-order valence-corrected chi connectivity index (χ0v) is 12.8. The first kappa shape index (κ1) is 16.6. The number of benzene rings is 1. The van der Waals surface area contributed by atoms with E-state index >= 15 is 0 Å². The monoisotopic (exact) mass is 297 g/mol. The van der Waals surface area contributed by atoms with E-state index in [-0.39, 0.29) is 11.7 Å². The van der Waals surface area contributed by atoms with Crippen LogP contribution >= 0.6 is 0 Å². The maximum atomic E-state index is 13.1. The number of carbonyl (C=O) groups excluding carboxylic acids is 1. The van der Waals surface area contributed by atoms with Crippen molar-refractivity contribution in [2.75, 3.05) is 12.8 Å². The lowest BCUT2D eigenvalue weighted by atomic mass is 10.2. The second-order valence-electron chi connectivity index (χ2n) is 4.58. The van der Waals surface area contributed by atoms with E-state index in [1.54, 1.807) is 32.2 Å². The Kier molecular flexibility index (Phi) is 6.58. The maximum absolute atomic E-state index is 13.1. The second-order valence-corrected chi connectivity index (χ2v) is 6.38. The summed E-state index contributed by atoms with van der Waals surface area (Å²) in [6.07, 6.45) is 3.60. The fourth-order valence-corrected chi connectivity index (χ4v) is 2.82. The molecule has 20 heavy (non-hydrogen) atoms. The molecule has 1 amide bonds. The highest BCUT2D eigenvalue weighted by atomic mass is 32.2. The number of rotatable bonds is 6. The van der Waals surface area contributed by atoms with E-state index in [1.165, 1.54) is 17.0 Å². The van der Waals surface area contributed by atoms with Crippen LogP contribution in [-0.2, 0) is 22.1 Å². The molecule has 0 saturated heterocycles. The van der Waals surface area contributed by atoms with Gasteiger partial charge in [-0.25, -0.2) is 4.39 Å².